The van der Waals surface area contributed by atoms with Crippen molar-refractivity contribution in [3.05, 3.63) is 54.1 Å². The van der Waals surface area contributed by atoms with E-state index in [2.05, 4.69) is 10.2 Å². The van der Waals surface area contributed by atoms with Crippen molar-refractivity contribution in [1.82, 2.24) is 5.32 Å². The molecule has 1 atom stereocenters. The van der Waals surface area contributed by atoms with E-state index in [0.29, 0.717) is 11.3 Å². The van der Waals surface area contributed by atoms with Crippen molar-refractivity contribution >= 4 is 17.9 Å². The maximum absolute atomic E-state index is 12.2. The third-order valence-electron chi connectivity index (χ3n) is 4.38. The molecule has 6 nitrogen and oxygen atoms in total. The van der Waals surface area contributed by atoms with E-state index >= 15 is 0 Å². The van der Waals surface area contributed by atoms with E-state index < -0.39 is 0 Å². The Bertz CT molecular complexity index is 778. The SMILES string of the molecule is COc1ccccc1N1CCC(NC(=O)COc2ccccc2C=O)C1. The molecule has 1 unspecified atom stereocenters. The van der Waals surface area contributed by atoms with Gasteiger partial charge in [0.15, 0.2) is 12.9 Å². The molecule has 26 heavy (non-hydrogen) atoms. The number of ether oxygens (including phenoxy) is 2. The average Bonchev–Trinajstić information content (AvgIpc) is 3.14. The van der Waals surface area contributed by atoms with Crippen LogP contribution in [0.25, 0.3) is 0 Å². The van der Waals surface area contributed by atoms with Crippen molar-refractivity contribution < 1.29 is 19.1 Å². The molecular weight excluding hydrogens is 332 g/mol. The van der Waals surface area contributed by atoms with E-state index in [1.54, 1.807) is 31.4 Å². The fourth-order valence-corrected chi connectivity index (χ4v) is 3.11. The molecule has 0 spiro atoms. The number of anilines is 1. The highest BCUT2D eigenvalue weighted by molar-refractivity contribution is 5.81. The van der Waals surface area contributed by atoms with Crippen LogP contribution in [0.1, 0.15) is 16.8 Å². The van der Waals surface area contributed by atoms with E-state index in [1.807, 2.05) is 24.3 Å². The van der Waals surface area contributed by atoms with Gasteiger partial charge in [-0.2, -0.15) is 0 Å². The Morgan fingerprint density at radius 3 is 2.69 bits per heavy atom. The average molecular weight is 354 g/mol. The van der Waals surface area contributed by atoms with Gasteiger partial charge in [0.2, 0.25) is 0 Å². The second-order valence-electron chi connectivity index (χ2n) is 6.12. The third kappa shape index (κ3) is 4.14. The number of nitrogens with one attached hydrogen (secondary N) is 1. The van der Waals surface area contributed by atoms with Crippen LogP contribution >= 0.6 is 0 Å². The highest BCUT2D eigenvalue weighted by Gasteiger charge is 2.25. The summed E-state index contributed by atoms with van der Waals surface area (Å²) in [5.41, 5.74) is 1.46. The van der Waals surface area contributed by atoms with Gasteiger partial charge in [-0.15, -0.1) is 0 Å². The minimum atomic E-state index is -0.197. The van der Waals surface area contributed by atoms with Crippen LogP contribution in [0, 0.1) is 0 Å². The van der Waals surface area contributed by atoms with Crippen molar-refractivity contribution in [3.8, 4) is 11.5 Å². The second-order valence-corrected chi connectivity index (χ2v) is 6.12. The van der Waals surface area contributed by atoms with E-state index in [-0.39, 0.29) is 18.6 Å². The molecule has 3 rings (SSSR count). The van der Waals surface area contributed by atoms with Gasteiger partial charge >= 0.3 is 0 Å². The number of amides is 1. The number of nitrogens with zero attached hydrogens (tertiary/aromatic N) is 1. The van der Waals surface area contributed by atoms with Crippen LogP contribution in [-0.2, 0) is 4.79 Å². The van der Waals surface area contributed by atoms with Gasteiger partial charge in [0.25, 0.3) is 5.91 Å². The summed E-state index contributed by atoms with van der Waals surface area (Å²) in [6, 6.07) is 14.8. The molecule has 1 N–H and O–H groups in total. The van der Waals surface area contributed by atoms with Crippen LogP contribution in [0.5, 0.6) is 11.5 Å². The zero-order chi connectivity index (χ0) is 18.4. The molecule has 1 heterocycles. The Morgan fingerprint density at radius 1 is 1.19 bits per heavy atom. The number of para-hydroxylation sites is 3. The summed E-state index contributed by atoms with van der Waals surface area (Å²) >= 11 is 0. The van der Waals surface area contributed by atoms with Crippen molar-refractivity contribution in [2.75, 3.05) is 31.7 Å². The number of carbonyl (C=O) groups is 2. The van der Waals surface area contributed by atoms with Crippen LogP contribution in [0.15, 0.2) is 48.5 Å². The summed E-state index contributed by atoms with van der Waals surface area (Å²) in [5, 5.41) is 2.99. The van der Waals surface area contributed by atoms with Gasteiger partial charge in [-0.1, -0.05) is 24.3 Å². The number of hydrogen-bond acceptors (Lipinski definition) is 5. The first kappa shape index (κ1) is 17.8. The summed E-state index contributed by atoms with van der Waals surface area (Å²) in [4.78, 5) is 25.3. The predicted molar refractivity (Wildman–Crippen MR) is 99.1 cm³/mol. The standard InChI is InChI=1S/C20H22N2O4/c1-25-19-9-5-3-7-17(19)22-11-10-16(12-22)21-20(24)14-26-18-8-4-2-6-15(18)13-23/h2-9,13,16H,10-12,14H2,1H3,(H,21,24). The molecular formula is C20H22N2O4. The van der Waals surface area contributed by atoms with Gasteiger partial charge in [0.1, 0.15) is 11.5 Å². The Hall–Kier alpha value is -3.02. The normalized spacial score (nSPS) is 16.2. The maximum Gasteiger partial charge on any atom is 0.258 e. The van der Waals surface area contributed by atoms with E-state index in [1.165, 1.54) is 0 Å². The quantitative estimate of drug-likeness (QED) is 0.773. The van der Waals surface area contributed by atoms with E-state index in [0.717, 1.165) is 37.2 Å². The van der Waals surface area contributed by atoms with Crippen LogP contribution in [-0.4, -0.2) is 45.0 Å². The number of aldehydes is 1. The fourth-order valence-electron chi connectivity index (χ4n) is 3.11. The van der Waals surface area contributed by atoms with E-state index in [4.69, 9.17) is 9.47 Å². The number of hydrogen-bond donors (Lipinski definition) is 1. The van der Waals surface area contributed by atoms with Crippen LogP contribution in [0.4, 0.5) is 5.69 Å². The monoisotopic (exact) mass is 354 g/mol. The molecule has 2 aromatic rings. The molecule has 1 fully saturated rings. The molecule has 6 heteroatoms. The summed E-state index contributed by atoms with van der Waals surface area (Å²) in [6.45, 7) is 1.45. The minimum Gasteiger partial charge on any atom is -0.495 e. The summed E-state index contributed by atoms with van der Waals surface area (Å²) < 4.78 is 10.9. The molecule has 0 saturated carbocycles. The van der Waals surface area contributed by atoms with Gasteiger partial charge in [0, 0.05) is 19.1 Å². The lowest BCUT2D eigenvalue weighted by molar-refractivity contribution is -0.123. The van der Waals surface area contributed by atoms with Crippen molar-refractivity contribution in [2.45, 2.75) is 12.5 Å². The number of methoxy groups -OCH3 is 1. The Morgan fingerprint density at radius 2 is 1.92 bits per heavy atom. The summed E-state index contributed by atoms with van der Waals surface area (Å²) in [6.07, 6.45) is 1.57. The zero-order valence-electron chi connectivity index (χ0n) is 14.7. The van der Waals surface area contributed by atoms with Gasteiger partial charge in [-0.25, -0.2) is 0 Å². The molecule has 1 saturated heterocycles. The minimum absolute atomic E-state index is 0.0531. The van der Waals surface area contributed by atoms with Crippen LogP contribution in [0.3, 0.4) is 0 Å². The molecule has 0 aliphatic carbocycles. The van der Waals surface area contributed by atoms with Crippen LogP contribution < -0.4 is 19.7 Å². The lowest BCUT2D eigenvalue weighted by Crippen LogP contribution is -2.39. The van der Waals surface area contributed by atoms with E-state index in [9.17, 15) is 9.59 Å². The van der Waals surface area contributed by atoms with Gasteiger partial charge in [-0.3, -0.25) is 9.59 Å². The maximum atomic E-state index is 12.2. The van der Waals surface area contributed by atoms with Crippen LogP contribution in [0.2, 0.25) is 0 Å². The number of rotatable bonds is 7. The molecule has 1 aliphatic heterocycles. The largest absolute Gasteiger partial charge is 0.495 e. The van der Waals surface area contributed by atoms with Gasteiger partial charge in [0.05, 0.1) is 18.4 Å². The van der Waals surface area contributed by atoms with Gasteiger partial charge < -0.3 is 19.7 Å². The van der Waals surface area contributed by atoms with Crippen molar-refractivity contribution in [2.24, 2.45) is 0 Å². The smallest absolute Gasteiger partial charge is 0.258 e. The molecule has 1 aliphatic rings. The highest BCUT2D eigenvalue weighted by Crippen LogP contribution is 2.30. The Balaban J connectivity index is 1.52. The summed E-state index contributed by atoms with van der Waals surface area (Å²) in [5.74, 6) is 1.05. The Labute approximate surface area is 152 Å². The first-order chi connectivity index (χ1) is 12.7. The first-order valence-electron chi connectivity index (χ1n) is 8.55. The molecule has 0 bridgehead atoms. The van der Waals surface area contributed by atoms with Gasteiger partial charge in [-0.05, 0) is 30.7 Å². The predicted octanol–water partition coefficient (Wildman–Crippen LogP) is 2.28. The molecule has 2 aromatic carbocycles. The van der Waals surface area contributed by atoms with Crippen molar-refractivity contribution in [3.63, 3.8) is 0 Å². The second kappa shape index (κ2) is 8.38. The molecule has 0 aromatic heterocycles. The number of carbonyl (C=O) groups excluding carboxylic acids is 2. The zero-order valence-corrected chi connectivity index (χ0v) is 14.7. The fraction of sp³-hybridized carbons (Fsp3) is 0.300. The lowest BCUT2D eigenvalue weighted by Gasteiger charge is -2.21. The lowest BCUT2D eigenvalue weighted by atomic mass is 10.2. The highest BCUT2D eigenvalue weighted by atomic mass is 16.5. The molecule has 1 amide bonds. The molecule has 136 valence electrons. The third-order valence-corrected chi connectivity index (χ3v) is 4.38. The topological polar surface area (TPSA) is 67.9 Å². The molecule has 0 radical (unpaired) electrons. The first-order valence-corrected chi connectivity index (χ1v) is 8.55. The Kier molecular flexibility index (Phi) is 5.73. The van der Waals surface area contributed by atoms with Crippen molar-refractivity contribution in [1.29, 1.82) is 0 Å². The summed E-state index contributed by atoms with van der Waals surface area (Å²) in [7, 11) is 1.66. The number of benzene rings is 2.